The predicted molar refractivity (Wildman–Crippen MR) is 89.9 cm³/mol. The monoisotopic (exact) mass is 356 g/mol. The van der Waals surface area contributed by atoms with Gasteiger partial charge in [0.2, 0.25) is 0 Å². The van der Waals surface area contributed by atoms with Gasteiger partial charge in [-0.3, -0.25) is 9.79 Å². The number of benzene rings is 1. The van der Waals surface area contributed by atoms with Gasteiger partial charge in [-0.1, -0.05) is 23.2 Å². The molecule has 0 saturated carbocycles. The van der Waals surface area contributed by atoms with Crippen molar-refractivity contribution in [3.63, 3.8) is 0 Å². The molecule has 1 aromatic rings. The van der Waals surface area contributed by atoms with Gasteiger partial charge in [-0.15, -0.1) is 0 Å². The summed E-state index contributed by atoms with van der Waals surface area (Å²) in [5.41, 5.74) is 1.16. The SMILES string of the molecule is COc1ccc(Cl)c(Cl)c1C1CCN2C(=O)C(CO)=NCC2C1. The minimum absolute atomic E-state index is 0.0244. The lowest BCUT2D eigenvalue weighted by Crippen LogP contribution is -2.53. The summed E-state index contributed by atoms with van der Waals surface area (Å²) >= 11 is 12.6. The molecule has 7 heteroatoms. The molecule has 2 aliphatic rings. The Morgan fingerprint density at radius 1 is 1.43 bits per heavy atom. The number of hydrogen-bond acceptors (Lipinski definition) is 4. The van der Waals surface area contributed by atoms with Crippen LogP contribution < -0.4 is 4.74 Å². The van der Waals surface area contributed by atoms with E-state index in [1.54, 1.807) is 18.1 Å². The summed E-state index contributed by atoms with van der Waals surface area (Å²) in [6.45, 7) is 0.817. The number of methoxy groups -OCH3 is 1. The normalized spacial score (nSPS) is 24.3. The van der Waals surface area contributed by atoms with Gasteiger partial charge in [-0.2, -0.15) is 0 Å². The first kappa shape index (κ1) is 16.6. The van der Waals surface area contributed by atoms with E-state index in [-0.39, 0.29) is 30.2 Å². The van der Waals surface area contributed by atoms with Crippen LogP contribution in [0.15, 0.2) is 17.1 Å². The van der Waals surface area contributed by atoms with E-state index >= 15 is 0 Å². The van der Waals surface area contributed by atoms with Gasteiger partial charge in [0.1, 0.15) is 11.5 Å². The first-order chi connectivity index (χ1) is 11.1. The molecule has 0 aromatic heterocycles. The van der Waals surface area contributed by atoms with Crippen molar-refractivity contribution >= 4 is 34.8 Å². The number of piperidine rings is 1. The number of amides is 1. The zero-order valence-electron chi connectivity index (χ0n) is 12.8. The minimum atomic E-state index is -0.306. The van der Waals surface area contributed by atoms with Crippen LogP contribution in [-0.2, 0) is 4.79 Å². The summed E-state index contributed by atoms with van der Waals surface area (Å²) in [6.07, 6.45) is 1.53. The molecule has 2 heterocycles. The Hall–Kier alpha value is -1.30. The molecule has 124 valence electrons. The Kier molecular flexibility index (Phi) is 4.80. The molecular weight excluding hydrogens is 339 g/mol. The Labute approximate surface area is 144 Å². The number of fused-ring (bicyclic) bond motifs is 1. The molecule has 2 unspecified atom stereocenters. The second kappa shape index (κ2) is 6.67. The molecular formula is C16H18Cl2N2O3. The molecule has 3 rings (SSSR count). The van der Waals surface area contributed by atoms with E-state index in [1.165, 1.54) is 0 Å². The van der Waals surface area contributed by atoms with E-state index in [4.69, 9.17) is 27.9 Å². The zero-order chi connectivity index (χ0) is 16.6. The van der Waals surface area contributed by atoms with E-state index in [9.17, 15) is 9.90 Å². The highest BCUT2D eigenvalue weighted by Crippen LogP contribution is 2.43. The van der Waals surface area contributed by atoms with Crippen LogP contribution in [-0.4, -0.2) is 54.5 Å². The van der Waals surface area contributed by atoms with Crippen molar-refractivity contribution in [2.24, 2.45) is 4.99 Å². The number of rotatable bonds is 3. The fraction of sp³-hybridized carbons (Fsp3) is 0.500. The van der Waals surface area contributed by atoms with Crippen LogP contribution in [0.3, 0.4) is 0 Å². The van der Waals surface area contributed by atoms with E-state index in [2.05, 4.69) is 4.99 Å². The number of aliphatic hydroxyl groups excluding tert-OH is 1. The number of aliphatic imine (C=N–C) groups is 1. The van der Waals surface area contributed by atoms with Gasteiger partial charge >= 0.3 is 0 Å². The number of carbonyl (C=O) groups is 1. The summed E-state index contributed by atoms with van der Waals surface area (Å²) in [4.78, 5) is 18.3. The molecule has 0 radical (unpaired) electrons. The van der Waals surface area contributed by atoms with Crippen molar-refractivity contribution < 1.29 is 14.6 Å². The maximum Gasteiger partial charge on any atom is 0.270 e. The quantitative estimate of drug-likeness (QED) is 0.904. The van der Waals surface area contributed by atoms with Crippen molar-refractivity contribution in [1.29, 1.82) is 0 Å². The van der Waals surface area contributed by atoms with E-state index in [0.29, 0.717) is 23.1 Å². The molecule has 1 amide bonds. The maximum atomic E-state index is 12.2. The third-order valence-corrected chi connectivity index (χ3v) is 5.41. The van der Waals surface area contributed by atoms with Gasteiger partial charge in [0.25, 0.3) is 5.91 Å². The third kappa shape index (κ3) is 2.93. The van der Waals surface area contributed by atoms with Crippen LogP contribution >= 0.6 is 23.2 Å². The molecule has 1 N–H and O–H groups in total. The number of nitrogens with zero attached hydrogens (tertiary/aromatic N) is 2. The molecule has 23 heavy (non-hydrogen) atoms. The third-order valence-electron chi connectivity index (χ3n) is 4.59. The molecule has 5 nitrogen and oxygen atoms in total. The van der Waals surface area contributed by atoms with Gasteiger partial charge in [0.15, 0.2) is 0 Å². The van der Waals surface area contributed by atoms with Gasteiger partial charge < -0.3 is 14.7 Å². The number of halogens is 2. The first-order valence-corrected chi connectivity index (χ1v) is 8.29. The van der Waals surface area contributed by atoms with Crippen molar-refractivity contribution in [2.45, 2.75) is 24.8 Å². The number of ether oxygens (including phenoxy) is 1. The average molecular weight is 357 g/mol. The summed E-state index contributed by atoms with van der Waals surface area (Å²) in [7, 11) is 1.61. The molecule has 0 spiro atoms. The van der Waals surface area contributed by atoms with Gasteiger partial charge in [0, 0.05) is 12.1 Å². The molecule has 0 aliphatic carbocycles. The number of hydrogen-bond donors (Lipinski definition) is 1. The Morgan fingerprint density at radius 3 is 2.91 bits per heavy atom. The van der Waals surface area contributed by atoms with Crippen LogP contribution in [0.25, 0.3) is 0 Å². The van der Waals surface area contributed by atoms with E-state index in [0.717, 1.165) is 24.2 Å². The van der Waals surface area contributed by atoms with Gasteiger partial charge in [-0.25, -0.2) is 0 Å². The standard InChI is InChI=1S/C16H18Cl2N2O3/c1-23-13-3-2-11(17)15(18)14(13)9-4-5-20-10(6-9)7-19-12(8-21)16(20)22/h2-3,9-10,21H,4-8H2,1H3. The minimum Gasteiger partial charge on any atom is -0.496 e. The summed E-state index contributed by atoms with van der Waals surface area (Å²) in [5.74, 6) is 0.724. The second-order valence-corrected chi connectivity index (χ2v) is 6.58. The molecule has 1 saturated heterocycles. The highest BCUT2D eigenvalue weighted by molar-refractivity contribution is 6.42. The smallest absolute Gasteiger partial charge is 0.270 e. The van der Waals surface area contributed by atoms with Crippen molar-refractivity contribution in [1.82, 2.24) is 4.90 Å². The highest BCUT2D eigenvalue weighted by atomic mass is 35.5. The summed E-state index contributed by atoms with van der Waals surface area (Å²) in [5, 5.41) is 10.2. The van der Waals surface area contributed by atoms with Crippen molar-refractivity contribution in [3.8, 4) is 5.75 Å². The van der Waals surface area contributed by atoms with Gasteiger partial charge in [0.05, 0.1) is 36.3 Å². The zero-order valence-corrected chi connectivity index (χ0v) is 14.3. The predicted octanol–water partition coefficient (Wildman–Crippen LogP) is 2.52. The van der Waals surface area contributed by atoms with Crippen molar-refractivity contribution in [3.05, 3.63) is 27.7 Å². The largest absolute Gasteiger partial charge is 0.496 e. The Morgan fingerprint density at radius 2 is 2.22 bits per heavy atom. The van der Waals surface area contributed by atoms with Crippen LogP contribution in [0.2, 0.25) is 10.0 Å². The fourth-order valence-corrected chi connectivity index (χ4v) is 3.90. The second-order valence-electron chi connectivity index (χ2n) is 5.80. The molecule has 2 aliphatic heterocycles. The molecule has 1 fully saturated rings. The fourth-order valence-electron chi connectivity index (χ4n) is 3.43. The molecule has 2 atom stereocenters. The van der Waals surface area contributed by atoms with Crippen molar-refractivity contribution in [2.75, 3.05) is 26.8 Å². The van der Waals surface area contributed by atoms with Crippen LogP contribution in [0.5, 0.6) is 5.75 Å². The number of carbonyl (C=O) groups excluding carboxylic acids is 1. The van der Waals surface area contributed by atoms with Gasteiger partial charge in [-0.05, 0) is 30.9 Å². The average Bonchev–Trinajstić information content (AvgIpc) is 2.57. The molecule has 1 aromatic carbocycles. The summed E-state index contributed by atoms with van der Waals surface area (Å²) < 4.78 is 5.44. The lowest BCUT2D eigenvalue weighted by molar-refractivity contribution is -0.128. The maximum absolute atomic E-state index is 12.2. The highest BCUT2D eigenvalue weighted by Gasteiger charge is 2.38. The van der Waals surface area contributed by atoms with Crippen LogP contribution in [0.4, 0.5) is 0 Å². The lowest BCUT2D eigenvalue weighted by atomic mass is 9.84. The summed E-state index contributed by atoms with van der Waals surface area (Å²) in [6, 6.07) is 3.57. The van der Waals surface area contributed by atoms with E-state index in [1.807, 2.05) is 6.07 Å². The Bertz CT molecular complexity index is 663. The lowest BCUT2D eigenvalue weighted by Gasteiger charge is -2.41. The topological polar surface area (TPSA) is 62.1 Å². The van der Waals surface area contributed by atoms with Crippen LogP contribution in [0.1, 0.15) is 24.3 Å². The Balaban J connectivity index is 1.88. The van der Waals surface area contributed by atoms with E-state index < -0.39 is 0 Å². The van der Waals surface area contributed by atoms with Crippen LogP contribution in [0, 0.1) is 0 Å². The molecule has 0 bridgehead atoms. The number of aliphatic hydroxyl groups is 1. The first-order valence-electron chi connectivity index (χ1n) is 7.53.